The zero-order valence-corrected chi connectivity index (χ0v) is 21.3. The summed E-state index contributed by atoms with van der Waals surface area (Å²) in [6.07, 6.45) is 11.6. The maximum absolute atomic E-state index is 13.0. The molecule has 186 valence electrons. The van der Waals surface area contributed by atoms with Crippen molar-refractivity contribution in [1.82, 2.24) is 24.7 Å². The molecule has 1 aromatic heterocycles. The first kappa shape index (κ1) is 25.0. The highest BCUT2D eigenvalue weighted by molar-refractivity contribution is 6.35. The molecule has 35 heavy (non-hydrogen) atoms. The lowest BCUT2D eigenvalue weighted by Gasteiger charge is -2.33. The number of primary amides is 1. The van der Waals surface area contributed by atoms with E-state index in [-0.39, 0.29) is 11.9 Å². The number of nitrogens with zero attached hydrogens (tertiary/aromatic N) is 4. The van der Waals surface area contributed by atoms with Gasteiger partial charge in [0.25, 0.3) is 0 Å². The van der Waals surface area contributed by atoms with E-state index in [4.69, 9.17) is 22.3 Å². The van der Waals surface area contributed by atoms with Crippen LogP contribution in [0.5, 0.6) is 0 Å². The summed E-state index contributed by atoms with van der Waals surface area (Å²) in [4.78, 5) is 33.9. The normalized spacial score (nSPS) is 22.9. The summed E-state index contributed by atoms with van der Waals surface area (Å²) in [6.45, 7) is 3.93. The second kappa shape index (κ2) is 10.3. The van der Waals surface area contributed by atoms with Gasteiger partial charge < -0.3 is 25.4 Å². The van der Waals surface area contributed by atoms with Gasteiger partial charge in [0.1, 0.15) is 11.4 Å². The molecule has 2 aliphatic heterocycles. The van der Waals surface area contributed by atoms with Crippen LogP contribution in [0.2, 0.25) is 5.02 Å². The SMILES string of the molecule is CN(C)C/C=C/C(=O)N1CCCCC(n2c(C3(C)C=C(C(N)=O)C=CN3)nc3cccc(Cl)c32)C1. The Labute approximate surface area is 211 Å². The van der Waals surface area contributed by atoms with E-state index in [0.717, 1.165) is 36.1 Å². The molecule has 2 unspecified atom stereocenters. The molecule has 0 saturated carbocycles. The summed E-state index contributed by atoms with van der Waals surface area (Å²) in [5, 5.41) is 3.96. The van der Waals surface area contributed by atoms with Gasteiger partial charge in [-0.1, -0.05) is 23.7 Å². The monoisotopic (exact) mass is 496 g/mol. The fraction of sp³-hybridized carbons (Fsp3) is 0.423. The predicted molar refractivity (Wildman–Crippen MR) is 139 cm³/mol. The van der Waals surface area contributed by atoms with Gasteiger partial charge in [-0.05, 0) is 70.8 Å². The van der Waals surface area contributed by atoms with E-state index in [2.05, 4.69) is 9.88 Å². The van der Waals surface area contributed by atoms with Crippen molar-refractivity contribution in [2.24, 2.45) is 5.73 Å². The Hall–Kier alpha value is -3.10. The number of aromatic nitrogens is 2. The maximum Gasteiger partial charge on any atom is 0.248 e. The topological polar surface area (TPSA) is 96.5 Å². The Balaban J connectivity index is 1.78. The number of imidazole rings is 1. The van der Waals surface area contributed by atoms with Crippen LogP contribution in [-0.2, 0) is 15.1 Å². The summed E-state index contributed by atoms with van der Waals surface area (Å²) < 4.78 is 2.16. The minimum atomic E-state index is -0.784. The molecule has 0 radical (unpaired) electrons. The molecule has 8 nitrogen and oxygen atoms in total. The quantitative estimate of drug-likeness (QED) is 0.599. The Bertz CT molecular complexity index is 1210. The summed E-state index contributed by atoms with van der Waals surface area (Å²) >= 11 is 6.71. The first-order chi connectivity index (χ1) is 16.7. The van der Waals surface area contributed by atoms with Crippen LogP contribution in [0.4, 0.5) is 0 Å². The number of hydrogen-bond donors (Lipinski definition) is 2. The van der Waals surface area contributed by atoms with Crippen molar-refractivity contribution in [3.05, 3.63) is 65.1 Å². The van der Waals surface area contributed by atoms with Gasteiger partial charge >= 0.3 is 0 Å². The Morgan fingerprint density at radius 1 is 1.34 bits per heavy atom. The van der Waals surface area contributed by atoms with Gasteiger partial charge in [0.05, 0.1) is 22.1 Å². The van der Waals surface area contributed by atoms with E-state index in [1.807, 2.05) is 61.2 Å². The number of likely N-dealkylation sites (N-methyl/N-ethyl adjacent to an activating group) is 1. The van der Waals surface area contributed by atoms with Crippen LogP contribution in [0.15, 0.2) is 54.3 Å². The standard InChI is InChI=1S/C26H33ClN6O2/c1-26(16-18(24(28)35)12-13-29-26)25-30-21-10-6-9-20(27)23(21)33(25)19-8-4-5-15-32(17-19)22(34)11-7-14-31(2)3/h6-7,9-13,16,19,29H,4-5,8,14-15,17H2,1-3H3,(H2,28,35)/b11-7+. The highest BCUT2D eigenvalue weighted by Crippen LogP contribution is 2.37. The number of nitrogens with two attached hydrogens (primary N) is 1. The Kier molecular flexibility index (Phi) is 7.33. The molecule has 2 amide bonds. The molecule has 1 fully saturated rings. The number of amides is 2. The molecule has 4 rings (SSSR count). The number of nitrogens with one attached hydrogen (secondary N) is 1. The number of fused-ring (bicyclic) bond motifs is 1. The number of hydrogen-bond acceptors (Lipinski definition) is 5. The van der Waals surface area contributed by atoms with Crippen molar-refractivity contribution in [2.45, 2.75) is 37.8 Å². The smallest absolute Gasteiger partial charge is 0.248 e. The lowest BCUT2D eigenvalue weighted by Crippen LogP contribution is -2.42. The molecular weight excluding hydrogens is 464 g/mol. The molecule has 1 saturated heterocycles. The third-order valence-corrected chi connectivity index (χ3v) is 6.86. The van der Waals surface area contributed by atoms with Crippen molar-refractivity contribution in [1.29, 1.82) is 0 Å². The number of carbonyl (C=O) groups excluding carboxylic acids is 2. The predicted octanol–water partition coefficient (Wildman–Crippen LogP) is 3.10. The lowest BCUT2D eigenvalue weighted by atomic mass is 9.94. The van der Waals surface area contributed by atoms with Gasteiger partial charge in [-0.3, -0.25) is 9.59 Å². The largest absolute Gasteiger partial charge is 0.376 e. The molecular formula is C26H33ClN6O2. The minimum Gasteiger partial charge on any atom is -0.376 e. The van der Waals surface area contributed by atoms with Crippen LogP contribution in [0, 0.1) is 0 Å². The first-order valence-electron chi connectivity index (χ1n) is 11.9. The summed E-state index contributed by atoms with van der Waals surface area (Å²) in [6, 6.07) is 5.65. The number of halogens is 1. The summed E-state index contributed by atoms with van der Waals surface area (Å²) in [7, 11) is 3.94. The molecule has 2 aliphatic rings. The average Bonchev–Trinajstić information content (AvgIpc) is 3.05. The van der Waals surface area contributed by atoms with Crippen molar-refractivity contribution in [3.8, 4) is 0 Å². The van der Waals surface area contributed by atoms with Crippen molar-refractivity contribution in [3.63, 3.8) is 0 Å². The zero-order valence-electron chi connectivity index (χ0n) is 20.5. The Morgan fingerprint density at radius 2 is 2.14 bits per heavy atom. The highest BCUT2D eigenvalue weighted by atomic mass is 35.5. The molecule has 1 aromatic carbocycles. The van der Waals surface area contributed by atoms with Crippen LogP contribution >= 0.6 is 11.6 Å². The third kappa shape index (κ3) is 5.28. The van der Waals surface area contributed by atoms with E-state index >= 15 is 0 Å². The highest BCUT2D eigenvalue weighted by Gasteiger charge is 2.36. The maximum atomic E-state index is 13.0. The molecule has 2 aromatic rings. The van der Waals surface area contributed by atoms with Crippen LogP contribution < -0.4 is 11.1 Å². The number of rotatable bonds is 6. The number of carbonyl (C=O) groups is 2. The van der Waals surface area contributed by atoms with Gasteiger partial charge in [0.15, 0.2) is 0 Å². The van der Waals surface area contributed by atoms with Gasteiger partial charge in [-0.25, -0.2) is 4.98 Å². The molecule has 9 heteroatoms. The number of dihydropyridines is 1. The average molecular weight is 497 g/mol. The number of para-hydroxylation sites is 1. The van der Waals surface area contributed by atoms with Gasteiger partial charge in [0.2, 0.25) is 11.8 Å². The molecule has 2 atom stereocenters. The second-order valence-corrected chi connectivity index (χ2v) is 10.1. The van der Waals surface area contributed by atoms with E-state index in [0.29, 0.717) is 30.2 Å². The lowest BCUT2D eigenvalue weighted by molar-refractivity contribution is -0.126. The summed E-state index contributed by atoms with van der Waals surface area (Å²) in [5.41, 5.74) is 6.82. The molecule has 0 spiro atoms. The number of benzene rings is 1. The fourth-order valence-corrected chi connectivity index (χ4v) is 5.08. The first-order valence-corrected chi connectivity index (χ1v) is 12.3. The van der Waals surface area contributed by atoms with Crippen LogP contribution in [-0.4, -0.2) is 64.9 Å². The Morgan fingerprint density at radius 3 is 2.89 bits per heavy atom. The number of likely N-dealkylation sites (tertiary alicyclic amines) is 1. The zero-order chi connectivity index (χ0) is 25.2. The van der Waals surface area contributed by atoms with E-state index in [9.17, 15) is 9.59 Å². The molecule has 3 N–H and O–H groups in total. The van der Waals surface area contributed by atoms with Gasteiger partial charge in [-0.2, -0.15) is 0 Å². The van der Waals surface area contributed by atoms with E-state index in [1.165, 1.54) is 0 Å². The third-order valence-electron chi connectivity index (χ3n) is 6.55. The van der Waals surface area contributed by atoms with Gasteiger partial charge in [-0.15, -0.1) is 0 Å². The molecule has 0 bridgehead atoms. The fourth-order valence-electron chi connectivity index (χ4n) is 4.82. The minimum absolute atomic E-state index is 0.0108. The van der Waals surface area contributed by atoms with Crippen molar-refractivity contribution >= 4 is 34.4 Å². The van der Waals surface area contributed by atoms with Crippen molar-refractivity contribution < 1.29 is 9.59 Å². The van der Waals surface area contributed by atoms with Crippen LogP contribution in [0.1, 0.15) is 38.1 Å². The van der Waals surface area contributed by atoms with E-state index < -0.39 is 11.4 Å². The molecule has 0 aliphatic carbocycles. The summed E-state index contributed by atoms with van der Waals surface area (Å²) in [5.74, 6) is 0.244. The van der Waals surface area contributed by atoms with Gasteiger partial charge in [0, 0.05) is 31.3 Å². The van der Waals surface area contributed by atoms with Crippen LogP contribution in [0.3, 0.4) is 0 Å². The van der Waals surface area contributed by atoms with E-state index in [1.54, 1.807) is 18.4 Å². The van der Waals surface area contributed by atoms with Crippen LogP contribution in [0.25, 0.3) is 11.0 Å². The molecule has 3 heterocycles. The second-order valence-electron chi connectivity index (χ2n) is 9.66. The van der Waals surface area contributed by atoms with Crippen molar-refractivity contribution in [2.75, 3.05) is 33.7 Å².